The van der Waals surface area contributed by atoms with Gasteiger partial charge in [0.05, 0.1) is 16.7 Å². The summed E-state index contributed by atoms with van der Waals surface area (Å²) in [6, 6.07) is 5.17. The maximum absolute atomic E-state index is 13.9. The number of fused-ring (bicyclic) bond motifs is 1. The van der Waals surface area contributed by atoms with E-state index >= 15 is 0 Å². The van der Waals surface area contributed by atoms with E-state index in [1.165, 1.54) is 17.4 Å². The number of aliphatic hydroxyl groups is 1. The Labute approximate surface area is 109 Å². The molecule has 1 unspecified atom stereocenters. The molecule has 0 radical (unpaired) electrons. The van der Waals surface area contributed by atoms with Crippen molar-refractivity contribution >= 4 is 11.3 Å². The van der Waals surface area contributed by atoms with Crippen LogP contribution in [0.1, 0.15) is 35.1 Å². The van der Waals surface area contributed by atoms with Gasteiger partial charge >= 0.3 is 0 Å². The van der Waals surface area contributed by atoms with Crippen molar-refractivity contribution in [1.82, 2.24) is 4.98 Å². The Kier molecular flexibility index (Phi) is 2.92. The zero-order chi connectivity index (χ0) is 12.7. The Morgan fingerprint density at radius 3 is 3.00 bits per heavy atom. The number of rotatable bonds is 1. The molecule has 0 fully saturated rings. The van der Waals surface area contributed by atoms with Crippen LogP contribution in [0.15, 0.2) is 18.2 Å². The fourth-order valence-corrected chi connectivity index (χ4v) is 3.46. The standard InChI is InChI=1S/C14H14FNOS/c1-8-5-6-9(10(15)7-8)14-16-11-3-2-4-12(17)13(11)18-14/h5-7,12,17H,2-4H2,1H3. The van der Waals surface area contributed by atoms with Gasteiger partial charge in [0.25, 0.3) is 0 Å². The minimum atomic E-state index is -0.423. The summed E-state index contributed by atoms with van der Waals surface area (Å²) in [4.78, 5) is 5.39. The van der Waals surface area contributed by atoms with Gasteiger partial charge in [-0.05, 0) is 43.9 Å². The maximum Gasteiger partial charge on any atom is 0.133 e. The molecule has 3 rings (SSSR count). The highest BCUT2D eigenvalue weighted by Crippen LogP contribution is 2.38. The third-order valence-corrected chi connectivity index (χ3v) is 4.51. The highest BCUT2D eigenvalue weighted by atomic mass is 32.1. The summed E-state index contributed by atoms with van der Waals surface area (Å²) >= 11 is 1.42. The van der Waals surface area contributed by atoms with Gasteiger partial charge in [0, 0.05) is 5.56 Å². The number of halogens is 1. The largest absolute Gasteiger partial charge is 0.388 e. The van der Waals surface area contributed by atoms with Gasteiger partial charge in [0.1, 0.15) is 10.8 Å². The zero-order valence-corrected chi connectivity index (χ0v) is 10.9. The number of thiazole rings is 1. The van der Waals surface area contributed by atoms with Crippen molar-refractivity contribution in [3.63, 3.8) is 0 Å². The molecule has 1 aliphatic carbocycles. The smallest absolute Gasteiger partial charge is 0.133 e. The summed E-state index contributed by atoms with van der Waals surface area (Å²) in [6.45, 7) is 1.86. The second-order valence-electron chi connectivity index (χ2n) is 4.72. The molecule has 0 amide bonds. The number of benzene rings is 1. The molecule has 1 aliphatic rings. The second kappa shape index (κ2) is 4.44. The van der Waals surface area contributed by atoms with E-state index in [0.29, 0.717) is 10.6 Å². The Hall–Kier alpha value is -1.26. The molecule has 0 saturated carbocycles. The summed E-state index contributed by atoms with van der Waals surface area (Å²) in [5.41, 5.74) is 2.37. The molecular formula is C14H14FNOS. The summed E-state index contributed by atoms with van der Waals surface area (Å²) < 4.78 is 13.9. The lowest BCUT2D eigenvalue weighted by Gasteiger charge is -2.14. The Morgan fingerprint density at radius 1 is 1.44 bits per heavy atom. The predicted octanol–water partition coefficient (Wildman–Crippen LogP) is 3.63. The molecule has 0 spiro atoms. The maximum atomic E-state index is 13.9. The lowest BCUT2D eigenvalue weighted by Crippen LogP contribution is -2.06. The third-order valence-electron chi connectivity index (χ3n) is 3.28. The molecule has 0 bridgehead atoms. The molecule has 2 nitrogen and oxygen atoms in total. The van der Waals surface area contributed by atoms with E-state index < -0.39 is 6.10 Å². The number of aliphatic hydroxyl groups excluding tert-OH is 1. The van der Waals surface area contributed by atoms with Crippen LogP contribution in [0.3, 0.4) is 0 Å². The predicted molar refractivity (Wildman–Crippen MR) is 70.1 cm³/mol. The van der Waals surface area contributed by atoms with Crippen LogP contribution in [-0.4, -0.2) is 10.1 Å². The normalized spacial score (nSPS) is 18.7. The average molecular weight is 263 g/mol. The number of hydrogen-bond donors (Lipinski definition) is 1. The first-order valence-electron chi connectivity index (χ1n) is 6.09. The number of aryl methyl sites for hydroxylation is 2. The molecular weight excluding hydrogens is 249 g/mol. The van der Waals surface area contributed by atoms with E-state index in [2.05, 4.69) is 4.98 Å². The van der Waals surface area contributed by atoms with Crippen molar-refractivity contribution in [3.8, 4) is 10.6 Å². The minimum absolute atomic E-state index is 0.240. The third kappa shape index (κ3) is 1.95. The fraction of sp³-hybridized carbons (Fsp3) is 0.357. The van der Waals surface area contributed by atoms with Crippen molar-refractivity contribution < 1.29 is 9.50 Å². The molecule has 1 heterocycles. The van der Waals surface area contributed by atoms with E-state index in [9.17, 15) is 9.50 Å². The molecule has 1 aromatic heterocycles. The van der Waals surface area contributed by atoms with Crippen LogP contribution in [0.5, 0.6) is 0 Å². The lowest BCUT2D eigenvalue weighted by molar-refractivity contribution is 0.160. The first-order valence-corrected chi connectivity index (χ1v) is 6.91. The SMILES string of the molecule is Cc1ccc(-c2nc3c(s2)C(O)CCC3)c(F)c1. The minimum Gasteiger partial charge on any atom is -0.388 e. The van der Waals surface area contributed by atoms with Crippen LogP contribution in [0.25, 0.3) is 10.6 Å². The summed E-state index contributed by atoms with van der Waals surface area (Å²) in [5.74, 6) is -0.240. The zero-order valence-electron chi connectivity index (χ0n) is 10.1. The van der Waals surface area contributed by atoms with E-state index in [-0.39, 0.29) is 5.82 Å². The molecule has 2 aromatic rings. The van der Waals surface area contributed by atoms with Crippen LogP contribution in [0.2, 0.25) is 0 Å². The van der Waals surface area contributed by atoms with E-state index in [4.69, 9.17) is 0 Å². The summed E-state index contributed by atoms with van der Waals surface area (Å²) in [7, 11) is 0. The van der Waals surface area contributed by atoms with E-state index in [0.717, 1.165) is 35.4 Å². The van der Waals surface area contributed by atoms with Crippen molar-refractivity contribution in [2.24, 2.45) is 0 Å². The first kappa shape index (κ1) is 11.8. The van der Waals surface area contributed by atoms with Gasteiger partial charge in [-0.2, -0.15) is 0 Å². The molecule has 4 heteroatoms. The number of hydrogen-bond acceptors (Lipinski definition) is 3. The van der Waals surface area contributed by atoms with Gasteiger partial charge in [0.15, 0.2) is 0 Å². The van der Waals surface area contributed by atoms with Crippen molar-refractivity contribution in [2.45, 2.75) is 32.3 Å². The number of nitrogens with zero attached hydrogens (tertiary/aromatic N) is 1. The van der Waals surface area contributed by atoms with Gasteiger partial charge in [0.2, 0.25) is 0 Å². The van der Waals surface area contributed by atoms with Gasteiger partial charge in [-0.25, -0.2) is 9.37 Å². The molecule has 18 heavy (non-hydrogen) atoms. The molecule has 1 atom stereocenters. The Bertz CT molecular complexity index is 593. The molecule has 0 aliphatic heterocycles. The molecule has 94 valence electrons. The second-order valence-corrected chi connectivity index (χ2v) is 5.75. The topological polar surface area (TPSA) is 33.1 Å². The summed E-state index contributed by atoms with van der Waals surface area (Å²) in [6.07, 6.45) is 2.20. The first-order chi connectivity index (χ1) is 8.65. The van der Waals surface area contributed by atoms with Gasteiger partial charge in [-0.1, -0.05) is 6.07 Å². The van der Waals surface area contributed by atoms with E-state index in [1.54, 1.807) is 6.07 Å². The van der Waals surface area contributed by atoms with Crippen LogP contribution in [0.4, 0.5) is 4.39 Å². The molecule has 0 saturated heterocycles. The van der Waals surface area contributed by atoms with Crippen molar-refractivity contribution in [3.05, 3.63) is 40.2 Å². The summed E-state index contributed by atoms with van der Waals surface area (Å²) in [5, 5.41) is 10.6. The van der Waals surface area contributed by atoms with Crippen LogP contribution < -0.4 is 0 Å². The van der Waals surface area contributed by atoms with E-state index in [1.807, 2.05) is 13.0 Å². The highest BCUT2D eigenvalue weighted by Gasteiger charge is 2.23. The number of aromatic nitrogens is 1. The van der Waals surface area contributed by atoms with Gasteiger partial charge in [-0.15, -0.1) is 11.3 Å². The van der Waals surface area contributed by atoms with Gasteiger partial charge < -0.3 is 5.11 Å². The van der Waals surface area contributed by atoms with Crippen LogP contribution >= 0.6 is 11.3 Å². The molecule has 1 N–H and O–H groups in total. The average Bonchev–Trinajstić information content (AvgIpc) is 2.74. The van der Waals surface area contributed by atoms with Crippen LogP contribution in [-0.2, 0) is 6.42 Å². The Balaban J connectivity index is 2.07. The monoisotopic (exact) mass is 263 g/mol. The van der Waals surface area contributed by atoms with Crippen molar-refractivity contribution in [1.29, 1.82) is 0 Å². The highest BCUT2D eigenvalue weighted by molar-refractivity contribution is 7.15. The quantitative estimate of drug-likeness (QED) is 0.852. The molecule has 1 aromatic carbocycles. The fourth-order valence-electron chi connectivity index (χ4n) is 2.31. The van der Waals surface area contributed by atoms with Gasteiger partial charge in [-0.3, -0.25) is 0 Å². The van der Waals surface area contributed by atoms with Crippen LogP contribution in [0, 0.1) is 12.7 Å². The lowest BCUT2D eigenvalue weighted by atomic mass is 10.0. The van der Waals surface area contributed by atoms with Crippen molar-refractivity contribution in [2.75, 3.05) is 0 Å². The Morgan fingerprint density at radius 2 is 2.28 bits per heavy atom.